The molecule has 1 heterocycles. The van der Waals surface area contributed by atoms with Gasteiger partial charge < -0.3 is 8.92 Å². The lowest BCUT2D eigenvalue weighted by Crippen LogP contribution is -2.28. The highest BCUT2D eigenvalue weighted by atomic mass is 79.9. The molecule has 0 radical (unpaired) electrons. The lowest BCUT2D eigenvalue weighted by molar-refractivity contribution is -0.113. The molecule has 42 heavy (non-hydrogen) atoms. The zero-order valence-corrected chi connectivity index (χ0v) is 26.6. The highest BCUT2D eigenvalue weighted by Crippen LogP contribution is 2.42. The van der Waals surface area contributed by atoms with Gasteiger partial charge in [0.05, 0.1) is 27.4 Å². The summed E-state index contributed by atoms with van der Waals surface area (Å²) in [5.41, 5.74) is 1.80. The van der Waals surface area contributed by atoms with E-state index in [4.69, 9.17) is 37.1 Å². The number of amides is 1. The number of anilines is 1. The lowest BCUT2D eigenvalue weighted by Gasteiger charge is -2.16. The Labute approximate surface area is 266 Å². The molecule has 4 aromatic rings. The van der Waals surface area contributed by atoms with E-state index in [-0.39, 0.29) is 28.9 Å². The van der Waals surface area contributed by atoms with Crippen LogP contribution in [0.15, 0.2) is 110 Å². The zero-order chi connectivity index (χ0) is 29.9. The molecular weight excluding hydrogens is 683 g/mol. The van der Waals surface area contributed by atoms with Gasteiger partial charge in [-0.05, 0) is 119 Å². The summed E-state index contributed by atoms with van der Waals surface area (Å²) in [7, 11) is -4.13. The Kier molecular flexibility index (Phi) is 9.29. The number of nitrogens with zero attached hydrogens (tertiary/aromatic N) is 2. The van der Waals surface area contributed by atoms with Crippen LogP contribution in [-0.4, -0.2) is 26.1 Å². The van der Waals surface area contributed by atoms with E-state index in [1.54, 1.807) is 91.9 Å². The second-order valence-corrected chi connectivity index (χ2v) is 13.0. The summed E-state index contributed by atoms with van der Waals surface area (Å²) in [6.07, 6.45) is 1.68. The number of amidine groups is 1. The van der Waals surface area contributed by atoms with Crippen LogP contribution in [0.1, 0.15) is 12.5 Å². The number of aliphatic imine (C=N–C) groups is 1. The topological polar surface area (TPSA) is 85.3 Å². The summed E-state index contributed by atoms with van der Waals surface area (Å²) < 4.78 is 37.4. The van der Waals surface area contributed by atoms with Gasteiger partial charge in [-0.15, -0.1) is 0 Å². The van der Waals surface area contributed by atoms with E-state index in [0.29, 0.717) is 41.5 Å². The maximum atomic E-state index is 13.7. The maximum absolute atomic E-state index is 13.7. The van der Waals surface area contributed by atoms with Gasteiger partial charge >= 0.3 is 10.1 Å². The Balaban J connectivity index is 1.53. The SMILES string of the molecule is CCOc1cc(/C=C2\SC(=Nc3ccc(Cl)cc3)N(c3ccc(Cl)cc3)C2=O)cc(Br)c1OS(=O)(=O)c1ccccc1. The Morgan fingerprint density at radius 3 is 2.24 bits per heavy atom. The Bertz CT molecular complexity index is 1800. The average molecular weight is 704 g/mol. The first-order valence-corrected chi connectivity index (χ1v) is 16.2. The number of benzene rings is 4. The molecule has 0 saturated carbocycles. The Morgan fingerprint density at radius 2 is 1.60 bits per heavy atom. The molecule has 7 nitrogen and oxygen atoms in total. The maximum Gasteiger partial charge on any atom is 0.339 e. The van der Waals surface area contributed by atoms with E-state index in [0.717, 1.165) is 0 Å². The molecule has 4 aromatic carbocycles. The highest BCUT2D eigenvalue weighted by Gasteiger charge is 2.35. The first kappa shape index (κ1) is 30.2. The van der Waals surface area contributed by atoms with Gasteiger partial charge in [-0.25, -0.2) is 4.99 Å². The van der Waals surface area contributed by atoms with Crippen LogP contribution in [0, 0.1) is 0 Å². The van der Waals surface area contributed by atoms with Crippen LogP contribution in [-0.2, 0) is 14.9 Å². The van der Waals surface area contributed by atoms with Gasteiger partial charge in [0.15, 0.2) is 16.7 Å². The fourth-order valence-corrected chi connectivity index (χ4v) is 6.78. The number of ether oxygens (including phenoxy) is 1. The lowest BCUT2D eigenvalue weighted by atomic mass is 10.2. The fourth-order valence-electron chi connectivity index (χ4n) is 3.90. The summed E-state index contributed by atoms with van der Waals surface area (Å²) in [6, 6.07) is 24.9. The van der Waals surface area contributed by atoms with E-state index < -0.39 is 10.1 Å². The Hall–Kier alpha value is -3.28. The van der Waals surface area contributed by atoms with Crippen molar-refractivity contribution in [2.75, 3.05) is 11.5 Å². The number of rotatable bonds is 8. The number of carbonyl (C=O) groups is 1. The Morgan fingerprint density at radius 1 is 0.952 bits per heavy atom. The van der Waals surface area contributed by atoms with Gasteiger partial charge in [0.2, 0.25) is 0 Å². The second-order valence-electron chi connectivity index (χ2n) is 8.71. The number of hydrogen-bond acceptors (Lipinski definition) is 7. The number of thioether (sulfide) groups is 1. The molecular formula is C30H21BrCl2N2O5S2. The minimum atomic E-state index is -4.13. The highest BCUT2D eigenvalue weighted by molar-refractivity contribution is 9.10. The number of hydrogen-bond donors (Lipinski definition) is 0. The van der Waals surface area contributed by atoms with Gasteiger partial charge in [0.1, 0.15) is 4.90 Å². The molecule has 1 saturated heterocycles. The van der Waals surface area contributed by atoms with Crippen molar-refractivity contribution < 1.29 is 22.1 Å². The summed E-state index contributed by atoms with van der Waals surface area (Å²) >= 11 is 16.7. The van der Waals surface area contributed by atoms with Gasteiger partial charge in [-0.1, -0.05) is 41.4 Å². The summed E-state index contributed by atoms with van der Waals surface area (Å²) in [5.74, 6) is -0.101. The molecule has 5 rings (SSSR count). The van der Waals surface area contributed by atoms with Crippen molar-refractivity contribution >= 4 is 89.5 Å². The first-order valence-electron chi connectivity index (χ1n) is 12.4. The minimum Gasteiger partial charge on any atom is -0.490 e. The average Bonchev–Trinajstić information content (AvgIpc) is 3.27. The standard InChI is InChI=1S/C30H21BrCl2N2O5S2/c1-2-39-26-17-19(16-25(31)28(26)40-42(37,38)24-6-4-3-5-7-24)18-27-29(36)35(23-14-10-21(33)11-15-23)30(41-27)34-22-12-8-20(32)9-13-22/h3-18H,2H2,1H3/b27-18-,34-30?. The van der Waals surface area contributed by atoms with Crippen molar-refractivity contribution in [3.8, 4) is 11.5 Å². The van der Waals surface area contributed by atoms with Crippen LogP contribution in [0.25, 0.3) is 6.08 Å². The van der Waals surface area contributed by atoms with Crippen molar-refractivity contribution in [3.05, 3.63) is 116 Å². The second kappa shape index (κ2) is 12.9. The molecule has 1 amide bonds. The van der Waals surface area contributed by atoms with Gasteiger partial charge in [-0.3, -0.25) is 9.69 Å². The van der Waals surface area contributed by atoms with Crippen molar-refractivity contribution in [2.24, 2.45) is 4.99 Å². The zero-order valence-electron chi connectivity index (χ0n) is 21.8. The molecule has 0 aliphatic carbocycles. The van der Waals surface area contributed by atoms with Crippen molar-refractivity contribution in [1.29, 1.82) is 0 Å². The molecule has 12 heteroatoms. The number of carbonyl (C=O) groups excluding carboxylic acids is 1. The minimum absolute atomic E-state index is 0.000959. The van der Waals surface area contributed by atoms with Crippen LogP contribution in [0.4, 0.5) is 11.4 Å². The van der Waals surface area contributed by atoms with Crippen LogP contribution >= 0.6 is 50.9 Å². The third-order valence-electron chi connectivity index (χ3n) is 5.80. The van der Waals surface area contributed by atoms with Gasteiger partial charge in [0, 0.05) is 10.0 Å². The summed E-state index contributed by atoms with van der Waals surface area (Å²) in [5, 5.41) is 1.55. The van der Waals surface area contributed by atoms with Crippen LogP contribution in [0.3, 0.4) is 0 Å². The molecule has 0 unspecified atom stereocenters. The van der Waals surface area contributed by atoms with Gasteiger partial charge in [-0.2, -0.15) is 8.42 Å². The van der Waals surface area contributed by atoms with E-state index in [9.17, 15) is 13.2 Å². The van der Waals surface area contributed by atoms with Crippen molar-refractivity contribution in [3.63, 3.8) is 0 Å². The van der Waals surface area contributed by atoms with E-state index >= 15 is 0 Å². The quantitative estimate of drug-likeness (QED) is 0.135. The van der Waals surface area contributed by atoms with Crippen molar-refractivity contribution in [1.82, 2.24) is 0 Å². The van der Waals surface area contributed by atoms with Crippen molar-refractivity contribution in [2.45, 2.75) is 11.8 Å². The largest absolute Gasteiger partial charge is 0.490 e. The third kappa shape index (κ3) is 6.85. The molecule has 214 valence electrons. The first-order chi connectivity index (χ1) is 20.1. The fraction of sp³-hybridized carbons (Fsp3) is 0.0667. The molecule has 1 aliphatic heterocycles. The summed E-state index contributed by atoms with van der Waals surface area (Å²) in [4.78, 5) is 20.3. The molecule has 0 bridgehead atoms. The molecule has 0 spiro atoms. The summed E-state index contributed by atoms with van der Waals surface area (Å²) in [6.45, 7) is 2.03. The number of halogens is 3. The van der Waals surface area contributed by atoms with Crippen LogP contribution in [0.2, 0.25) is 10.0 Å². The van der Waals surface area contributed by atoms with Crippen LogP contribution < -0.4 is 13.8 Å². The monoisotopic (exact) mass is 702 g/mol. The van der Waals surface area contributed by atoms with E-state index in [1.165, 1.54) is 28.8 Å². The van der Waals surface area contributed by atoms with E-state index in [1.807, 2.05) is 0 Å². The van der Waals surface area contributed by atoms with E-state index in [2.05, 4.69) is 15.9 Å². The molecule has 0 atom stereocenters. The molecule has 1 fully saturated rings. The molecule has 1 aliphatic rings. The van der Waals surface area contributed by atoms with Crippen LogP contribution in [0.5, 0.6) is 11.5 Å². The smallest absolute Gasteiger partial charge is 0.339 e. The molecule has 0 N–H and O–H groups in total. The van der Waals surface area contributed by atoms with Gasteiger partial charge in [0.25, 0.3) is 5.91 Å². The molecule has 0 aromatic heterocycles. The normalized spacial score (nSPS) is 15.4. The predicted molar refractivity (Wildman–Crippen MR) is 173 cm³/mol. The third-order valence-corrected chi connectivity index (χ3v) is 9.09. The predicted octanol–water partition coefficient (Wildman–Crippen LogP) is 8.73.